The smallest absolute Gasteiger partial charge is 0.0950 e. The van der Waals surface area contributed by atoms with Crippen molar-refractivity contribution >= 4 is 0 Å². The second kappa shape index (κ2) is 3.95. The van der Waals surface area contributed by atoms with Crippen LogP contribution in [0.1, 0.15) is 19.8 Å². The minimum Gasteiger partial charge on any atom is -0.389 e. The molecule has 0 aromatic rings. The van der Waals surface area contributed by atoms with Crippen LogP contribution in [0.5, 0.6) is 0 Å². The molecule has 2 aliphatic heterocycles. The summed E-state index contributed by atoms with van der Waals surface area (Å²) in [4.78, 5) is 2.39. The summed E-state index contributed by atoms with van der Waals surface area (Å²) in [6, 6.07) is 0.266. The Bertz CT molecular complexity index is 174. The van der Waals surface area contributed by atoms with E-state index in [1.807, 2.05) is 0 Å². The zero-order valence-corrected chi connectivity index (χ0v) is 8.28. The molecule has 0 aromatic heterocycles. The molecular weight excluding hydrogens is 166 g/mol. The predicted molar refractivity (Wildman–Crippen MR) is 50.6 cm³/mol. The topological polar surface area (TPSA) is 32.7 Å². The Hall–Kier alpha value is -0.120. The van der Waals surface area contributed by atoms with Gasteiger partial charge in [-0.1, -0.05) is 6.92 Å². The molecule has 2 unspecified atom stereocenters. The van der Waals surface area contributed by atoms with Crippen molar-refractivity contribution in [3.63, 3.8) is 0 Å². The van der Waals surface area contributed by atoms with Crippen molar-refractivity contribution in [1.29, 1.82) is 0 Å². The summed E-state index contributed by atoms with van der Waals surface area (Å²) < 4.78 is 5.27. The van der Waals surface area contributed by atoms with E-state index in [1.54, 1.807) is 0 Å². The first-order valence-electron chi connectivity index (χ1n) is 5.27. The highest BCUT2D eigenvalue weighted by Crippen LogP contribution is 2.21. The summed E-state index contributed by atoms with van der Waals surface area (Å²) in [5.74, 6) is 0.779. The average molecular weight is 185 g/mol. The Labute approximate surface area is 79.7 Å². The molecule has 76 valence electrons. The number of aliphatic hydroxyl groups is 1. The molecule has 2 saturated heterocycles. The molecule has 0 radical (unpaired) electrons. The van der Waals surface area contributed by atoms with E-state index >= 15 is 0 Å². The van der Waals surface area contributed by atoms with Crippen LogP contribution in [0, 0.1) is 5.92 Å². The lowest BCUT2D eigenvalue weighted by Crippen LogP contribution is -2.47. The summed E-state index contributed by atoms with van der Waals surface area (Å²) in [6.07, 6.45) is 2.34. The molecule has 2 aliphatic rings. The van der Waals surface area contributed by atoms with Gasteiger partial charge < -0.3 is 9.84 Å². The summed E-state index contributed by atoms with van der Waals surface area (Å²) >= 11 is 0. The van der Waals surface area contributed by atoms with Crippen LogP contribution in [0.3, 0.4) is 0 Å². The number of hydrogen-bond acceptors (Lipinski definition) is 3. The fourth-order valence-corrected chi connectivity index (χ4v) is 2.41. The third-order valence-corrected chi connectivity index (χ3v) is 3.18. The second-order valence-electron chi connectivity index (χ2n) is 4.41. The van der Waals surface area contributed by atoms with Gasteiger partial charge in [-0.25, -0.2) is 0 Å². The first-order valence-corrected chi connectivity index (χ1v) is 5.27. The maximum absolute atomic E-state index is 9.66. The Morgan fingerprint density at radius 1 is 1.38 bits per heavy atom. The van der Waals surface area contributed by atoms with Gasteiger partial charge in [-0.15, -0.1) is 0 Å². The van der Waals surface area contributed by atoms with Gasteiger partial charge in [-0.05, 0) is 25.3 Å². The molecule has 0 bridgehead atoms. The molecule has 0 saturated carbocycles. The van der Waals surface area contributed by atoms with Gasteiger partial charge in [0.2, 0.25) is 0 Å². The Morgan fingerprint density at radius 3 is 2.85 bits per heavy atom. The van der Waals surface area contributed by atoms with Gasteiger partial charge in [0.25, 0.3) is 0 Å². The molecule has 2 fully saturated rings. The monoisotopic (exact) mass is 185 g/mol. The summed E-state index contributed by atoms with van der Waals surface area (Å²) in [5.41, 5.74) is 0. The van der Waals surface area contributed by atoms with Gasteiger partial charge >= 0.3 is 0 Å². The van der Waals surface area contributed by atoms with Gasteiger partial charge in [-0.3, -0.25) is 4.90 Å². The van der Waals surface area contributed by atoms with Crippen LogP contribution < -0.4 is 0 Å². The molecular formula is C10H19NO2. The quantitative estimate of drug-likeness (QED) is 0.645. The predicted octanol–water partition coefficient (Wildman–Crippen LogP) is 0.478. The van der Waals surface area contributed by atoms with Crippen molar-refractivity contribution < 1.29 is 9.84 Å². The number of rotatable bonds is 1. The van der Waals surface area contributed by atoms with Crippen LogP contribution in [0.2, 0.25) is 0 Å². The molecule has 13 heavy (non-hydrogen) atoms. The Balaban J connectivity index is 1.91. The van der Waals surface area contributed by atoms with Crippen LogP contribution in [0.4, 0.5) is 0 Å². The van der Waals surface area contributed by atoms with E-state index in [-0.39, 0.29) is 12.1 Å². The SMILES string of the molecule is C[C@H]1CCCN(C2COCC2O)C1. The van der Waals surface area contributed by atoms with E-state index in [9.17, 15) is 5.11 Å². The molecule has 3 heteroatoms. The summed E-state index contributed by atoms with van der Waals surface area (Å²) in [7, 11) is 0. The van der Waals surface area contributed by atoms with Crippen LogP contribution in [0.25, 0.3) is 0 Å². The van der Waals surface area contributed by atoms with E-state index in [1.165, 1.54) is 12.8 Å². The van der Waals surface area contributed by atoms with E-state index in [0.29, 0.717) is 13.2 Å². The largest absolute Gasteiger partial charge is 0.389 e. The first-order chi connectivity index (χ1) is 6.27. The van der Waals surface area contributed by atoms with Gasteiger partial charge in [0.1, 0.15) is 0 Å². The van der Waals surface area contributed by atoms with E-state index < -0.39 is 0 Å². The van der Waals surface area contributed by atoms with Crippen molar-refractivity contribution in [1.82, 2.24) is 4.90 Å². The van der Waals surface area contributed by atoms with Crippen LogP contribution >= 0.6 is 0 Å². The molecule has 0 spiro atoms. The maximum atomic E-state index is 9.66. The lowest BCUT2D eigenvalue weighted by atomic mass is 9.98. The van der Waals surface area contributed by atoms with Crippen molar-refractivity contribution in [2.75, 3.05) is 26.3 Å². The number of likely N-dealkylation sites (tertiary alicyclic amines) is 1. The van der Waals surface area contributed by atoms with Crippen molar-refractivity contribution in [2.45, 2.75) is 31.9 Å². The number of ether oxygens (including phenoxy) is 1. The van der Waals surface area contributed by atoms with Crippen molar-refractivity contribution in [2.24, 2.45) is 5.92 Å². The molecule has 2 rings (SSSR count). The van der Waals surface area contributed by atoms with E-state index in [0.717, 1.165) is 19.0 Å². The third kappa shape index (κ3) is 2.03. The van der Waals surface area contributed by atoms with Crippen molar-refractivity contribution in [3.05, 3.63) is 0 Å². The minimum atomic E-state index is -0.259. The van der Waals surface area contributed by atoms with Gasteiger partial charge in [0, 0.05) is 6.54 Å². The fraction of sp³-hybridized carbons (Fsp3) is 1.00. The molecule has 0 amide bonds. The molecule has 3 atom stereocenters. The van der Waals surface area contributed by atoms with E-state index in [4.69, 9.17) is 4.74 Å². The standard InChI is InChI=1S/C10H19NO2/c1-8-3-2-4-11(5-8)9-6-13-7-10(9)12/h8-10,12H,2-7H2,1H3/t8-,9?,10?/m0/s1. The number of hydrogen-bond donors (Lipinski definition) is 1. The minimum absolute atomic E-state index is 0.259. The third-order valence-electron chi connectivity index (χ3n) is 3.18. The molecule has 3 nitrogen and oxygen atoms in total. The lowest BCUT2D eigenvalue weighted by Gasteiger charge is -2.35. The zero-order valence-electron chi connectivity index (χ0n) is 8.28. The summed E-state index contributed by atoms with van der Waals surface area (Å²) in [5, 5.41) is 9.66. The number of aliphatic hydroxyl groups excluding tert-OH is 1. The molecule has 1 N–H and O–H groups in total. The molecule has 0 aliphatic carbocycles. The van der Waals surface area contributed by atoms with Gasteiger partial charge in [0.05, 0.1) is 25.4 Å². The maximum Gasteiger partial charge on any atom is 0.0950 e. The van der Waals surface area contributed by atoms with Crippen LogP contribution in [0.15, 0.2) is 0 Å². The highest BCUT2D eigenvalue weighted by atomic mass is 16.5. The highest BCUT2D eigenvalue weighted by molar-refractivity contribution is 4.86. The Morgan fingerprint density at radius 2 is 2.23 bits per heavy atom. The average Bonchev–Trinajstić information content (AvgIpc) is 2.51. The summed E-state index contributed by atoms with van der Waals surface area (Å²) in [6.45, 7) is 5.79. The van der Waals surface area contributed by atoms with Crippen molar-refractivity contribution in [3.8, 4) is 0 Å². The normalized spacial score (nSPS) is 42.5. The number of piperidine rings is 1. The van der Waals surface area contributed by atoms with E-state index in [2.05, 4.69) is 11.8 Å². The fourth-order valence-electron chi connectivity index (χ4n) is 2.41. The highest BCUT2D eigenvalue weighted by Gasteiger charge is 2.33. The number of nitrogens with zero attached hydrogens (tertiary/aromatic N) is 1. The lowest BCUT2D eigenvalue weighted by molar-refractivity contribution is 0.0566. The molecule has 2 heterocycles. The van der Waals surface area contributed by atoms with Crippen LogP contribution in [-0.4, -0.2) is 48.5 Å². The second-order valence-corrected chi connectivity index (χ2v) is 4.41. The van der Waals surface area contributed by atoms with Gasteiger partial charge in [0.15, 0.2) is 0 Å². The Kier molecular flexibility index (Phi) is 2.86. The first kappa shape index (κ1) is 9.44. The zero-order chi connectivity index (χ0) is 9.26. The van der Waals surface area contributed by atoms with Crippen LogP contribution in [-0.2, 0) is 4.74 Å². The van der Waals surface area contributed by atoms with Gasteiger partial charge in [-0.2, -0.15) is 0 Å². The molecule has 0 aromatic carbocycles.